The topological polar surface area (TPSA) is 13.1 Å². The molecular weight excluding hydrogens is 581 g/mol. The quantitative estimate of drug-likeness (QED) is 0.176. The Morgan fingerprint density at radius 2 is 1.06 bits per heavy atom. The van der Waals surface area contributed by atoms with E-state index in [1.54, 1.807) is 0 Å². The van der Waals surface area contributed by atoms with Crippen LogP contribution in [0.2, 0.25) is 0 Å². The van der Waals surface area contributed by atoms with Crippen LogP contribution in [-0.2, 0) is 0 Å². The van der Waals surface area contributed by atoms with E-state index in [4.69, 9.17) is 4.42 Å². The van der Waals surface area contributed by atoms with Crippen molar-refractivity contribution in [2.24, 2.45) is 0 Å². The summed E-state index contributed by atoms with van der Waals surface area (Å²) in [7, 11) is 0. The van der Waals surface area contributed by atoms with E-state index in [1.807, 2.05) is 6.08 Å². The van der Waals surface area contributed by atoms with Gasteiger partial charge in [0.05, 0.1) is 0 Å². The van der Waals surface area contributed by atoms with E-state index >= 15 is 0 Å². The highest BCUT2D eigenvalue weighted by Crippen LogP contribution is 2.46. The van der Waals surface area contributed by atoms with Crippen molar-refractivity contribution < 1.29 is 4.42 Å². The third-order valence-corrected chi connectivity index (χ3v) is 9.78. The largest absolute Gasteiger partial charge is 0.455 e. The summed E-state index contributed by atoms with van der Waals surface area (Å²) in [5.41, 5.74) is 11.4. The molecular formula is C47H32O. The molecule has 0 unspecified atom stereocenters. The van der Waals surface area contributed by atoms with Gasteiger partial charge in [-0.1, -0.05) is 146 Å². The molecule has 0 amide bonds. The Hall–Kier alpha value is -6.18. The lowest BCUT2D eigenvalue weighted by molar-refractivity contribution is 0.630. The van der Waals surface area contributed by atoms with E-state index in [9.17, 15) is 0 Å². The summed E-state index contributed by atoms with van der Waals surface area (Å²) in [4.78, 5) is 0. The maximum atomic E-state index is 6.52. The first-order valence-corrected chi connectivity index (χ1v) is 16.5. The van der Waals surface area contributed by atoms with Gasteiger partial charge in [-0.15, -0.1) is 0 Å². The first-order chi connectivity index (χ1) is 23.7. The number of benzene rings is 8. The summed E-state index contributed by atoms with van der Waals surface area (Å²) in [6.07, 6.45) is 1.93. The standard InChI is InChI=1S/C47H32O/c1-3-37-42-29-36(24-26-44(42)48-47(37)38-18-10-7-13-30(38)2)46-40-20-12-11-19-39(40)45(32-15-5-4-6-16-32)43-28-35(23-25-41(43)46)34-22-21-31-14-8-9-17-33(31)27-34/h3-29H,1H2,2H3. The molecule has 1 nitrogen and oxygen atoms in total. The fourth-order valence-corrected chi connectivity index (χ4v) is 7.46. The van der Waals surface area contributed by atoms with Gasteiger partial charge in [0.15, 0.2) is 0 Å². The summed E-state index contributed by atoms with van der Waals surface area (Å²) in [5, 5.41) is 8.48. The molecule has 1 aromatic heterocycles. The minimum Gasteiger partial charge on any atom is -0.455 e. The van der Waals surface area contributed by atoms with Gasteiger partial charge in [-0.2, -0.15) is 0 Å². The second-order valence-electron chi connectivity index (χ2n) is 12.6. The fourth-order valence-electron chi connectivity index (χ4n) is 7.46. The number of fused-ring (bicyclic) bond motifs is 4. The normalized spacial score (nSPS) is 11.5. The van der Waals surface area contributed by atoms with E-state index in [1.165, 1.54) is 65.7 Å². The van der Waals surface area contributed by atoms with Gasteiger partial charge in [-0.3, -0.25) is 0 Å². The molecule has 0 saturated carbocycles. The summed E-state index contributed by atoms with van der Waals surface area (Å²) < 4.78 is 6.52. The molecule has 0 aliphatic carbocycles. The Labute approximate surface area is 280 Å². The predicted octanol–water partition coefficient (Wildman–Crippen LogP) is 13.5. The van der Waals surface area contributed by atoms with Gasteiger partial charge in [-0.25, -0.2) is 0 Å². The van der Waals surface area contributed by atoms with Crippen molar-refractivity contribution in [3.63, 3.8) is 0 Å². The van der Waals surface area contributed by atoms with Crippen LogP contribution in [0.3, 0.4) is 0 Å². The molecule has 1 heteroatoms. The fraction of sp³-hybridized carbons (Fsp3) is 0.0213. The zero-order valence-corrected chi connectivity index (χ0v) is 26.7. The molecule has 8 aromatic carbocycles. The third kappa shape index (κ3) is 4.47. The molecule has 9 rings (SSSR count). The lowest BCUT2D eigenvalue weighted by Crippen LogP contribution is -1.92. The van der Waals surface area contributed by atoms with E-state index < -0.39 is 0 Å². The van der Waals surface area contributed by atoms with Crippen molar-refractivity contribution in [3.05, 3.63) is 175 Å². The van der Waals surface area contributed by atoms with E-state index in [0.29, 0.717) is 0 Å². The highest BCUT2D eigenvalue weighted by Gasteiger charge is 2.20. The van der Waals surface area contributed by atoms with Gasteiger partial charge >= 0.3 is 0 Å². The van der Waals surface area contributed by atoms with Crippen molar-refractivity contribution in [1.29, 1.82) is 0 Å². The van der Waals surface area contributed by atoms with Crippen molar-refractivity contribution in [1.82, 2.24) is 0 Å². The molecule has 0 aliphatic heterocycles. The molecule has 0 fully saturated rings. The molecule has 9 aromatic rings. The minimum absolute atomic E-state index is 0.861. The van der Waals surface area contributed by atoms with Crippen molar-refractivity contribution in [3.8, 4) is 44.7 Å². The van der Waals surface area contributed by atoms with Gasteiger partial charge in [0.1, 0.15) is 11.3 Å². The monoisotopic (exact) mass is 612 g/mol. The summed E-state index contributed by atoms with van der Waals surface area (Å²) in [6, 6.07) is 57.0. The minimum atomic E-state index is 0.861. The lowest BCUT2D eigenvalue weighted by Gasteiger charge is -2.19. The Kier molecular flexibility index (Phi) is 6.59. The first-order valence-electron chi connectivity index (χ1n) is 16.5. The van der Waals surface area contributed by atoms with E-state index in [-0.39, 0.29) is 0 Å². The Bertz CT molecular complexity index is 2690. The van der Waals surface area contributed by atoms with Crippen LogP contribution >= 0.6 is 0 Å². The molecule has 0 N–H and O–H groups in total. The number of hydrogen-bond acceptors (Lipinski definition) is 1. The zero-order chi connectivity index (χ0) is 32.2. The predicted molar refractivity (Wildman–Crippen MR) is 205 cm³/mol. The van der Waals surface area contributed by atoms with Crippen molar-refractivity contribution in [2.75, 3.05) is 0 Å². The number of hydrogen-bond donors (Lipinski definition) is 0. The number of furan rings is 1. The zero-order valence-electron chi connectivity index (χ0n) is 26.7. The Morgan fingerprint density at radius 3 is 1.85 bits per heavy atom. The maximum absolute atomic E-state index is 6.52. The smallest absolute Gasteiger partial charge is 0.142 e. The van der Waals surface area contributed by atoms with Crippen molar-refractivity contribution in [2.45, 2.75) is 6.92 Å². The van der Waals surface area contributed by atoms with Gasteiger partial charge in [-0.05, 0) is 102 Å². The molecule has 48 heavy (non-hydrogen) atoms. The summed E-state index contributed by atoms with van der Waals surface area (Å²) >= 11 is 0. The Balaban J connectivity index is 1.34. The average Bonchev–Trinajstić information content (AvgIpc) is 3.51. The maximum Gasteiger partial charge on any atom is 0.142 e. The SMILES string of the molecule is C=Cc1c(-c2ccccc2C)oc2ccc(-c3c4ccccc4c(-c4ccccc4)c4cc(-c5ccc6ccccc6c5)ccc34)cc12. The average molecular weight is 613 g/mol. The van der Waals surface area contributed by atoms with Gasteiger partial charge in [0, 0.05) is 16.5 Å². The number of aryl methyl sites for hydroxylation is 1. The van der Waals surface area contributed by atoms with Gasteiger partial charge in [0.25, 0.3) is 0 Å². The van der Waals surface area contributed by atoms with E-state index in [0.717, 1.165) is 33.4 Å². The van der Waals surface area contributed by atoms with Crippen LogP contribution < -0.4 is 0 Å². The molecule has 0 saturated heterocycles. The first kappa shape index (κ1) is 28.1. The van der Waals surface area contributed by atoms with Gasteiger partial charge < -0.3 is 4.42 Å². The van der Waals surface area contributed by atoms with Crippen LogP contribution in [-0.4, -0.2) is 0 Å². The van der Waals surface area contributed by atoms with E-state index in [2.05, 4.69) is 171 Å². The van der Waals surface area contributed by atoms with Crippen LogP contribution in [0.4, 0.5) is 0 Å². The van der Waals surface area contributed by atoms with Gasteiger partial charge in [0.2, 0.25) is 0 Å². The van der Waals surface area contributed by atoms with Crippen LogP contribution in [0.15, 0.2) is 169 Å². The molecule has 1 heterocycles. The molecule has 0 aliphatic rings. The molecule has 0 bridgehead atoms. The Morgan fingerprint density at radius 1 is 0.458 bits per heavy atom. The second-order valence-corrected chi connectivity index (χ2v) is 12.6. The van der Waals surface area contributed by atoms with Crippen LogP contribution in [0.1, 0.15) is 11.1 Å². The van der Waals surface area contributed by atoms with Crippen LogP contribution in [0.5, 0.6) is 0 Å². The van der Waals surface area contributed by atoms with Crippen LogP contribution in [0.25, 0.3) is 94.1 Å². The summed E-state index contributed by atoms with van der Waals surface area (Å²) in [6.45, 7) is 6.34. The molecule has 0 spiro atoms. The molecule has 0 radical (unpaired) electrons. The van der Waals surface area contributed by atoms with Crippen LogP contribution in [0, 0.1) is 6.92 Å². The number of rotatable bonds is 5. The van der Waals surface area contributed by atoms with Crippen molar-refractivity contribution >= 4 is 49.4 Å². The lowest BCUT2D eigenvalue weighted by atomic mass is 9.84. The highest BCUT2D eigenvalue weighted by atomic mass is 16.3. The highest BCUT2D eigenvalue weighted by molar-refractivity contribution is 6.22. The third-order valence-electron chi connectivity index (χ3n) is 9.78. The molecule has 226 valence electrons. The second kappa shape index (κ2) is 11.3. The summed E-state index contributed by atoms with van der Waals surface area (Å²) in [5.74, 6) is 0.865. The molecule has 0 atom stereocenters.